The van der Waals surface area contributed by atoms with E-state index in [1.165, 1.54) is 0 Å². The quantitative estimate of drug-likeness (QED) is 0.882. The summed E-state index contributed by atoms with van der Waals surface area (Å²) in [6, 6.07) is 9.98. The van der Waals surface area contributed by atoms with Crippen molar-refractivity contribution in [1.82, 2.24) is 15.6 Å². The number of carbonyl (C=O) groups is 1. The van der Waals surface area contributed by atoms with Crippen LogP contribution in [0.1, 0.15) is 13.8 Å². The van der Waals surface area contributed by atoms with Gasteiger partial charge in [-0.05, 0) is 56.3 Å². The molecule has 1 amide bonds. The number of benzene rings is 1. The van der Waals surface area contributed by atoms with Gasteiger partial charge in [0.25, 0.3) is 0 Å². The molecular formula is C19H23N3O2. The monoisotopic (exact) mass is 325 g/mol. The Hall–Kier alpha value is -2.14. The average molecular weight is 325 g/mol. The van der Waals surface area contributed by atoms with Gasteiger partial charge >= 0.3 is 0 Å². The van der Waals surface area contributed by atoms with Gasteiger partial charge in [0.05, 0.1) is 5.54 Å². The van der Waals surface area contributed by atoms with Gasteiger partial charge < -0.3 is 15.4 Å². The zero-order valence-corrected chi connectivity index (χ0v) is 14.1. The molecule has 2 fully saturated rings. The molecule has 2 aliphatic rings. The largest absolute Gasteiger partial charge is 0.475 e. The molecule has 2 N–H and O–H groups in total. The normalized spacial score (nSPS) is 25.3. The minimum Gasteiger partial charge on any atom is -0.475 e. The lowest BCUT2D eigenvalue weighted by atomic mass is 10.1. The third kappa shape index (κ3) is 2.84. The van der Waals surface area contributed by atoms with Crippen LogP contribution in [0.2, 0.25) is 0 Å². The van der Waals surface area contributed by atoms with Gasteiger partial charge in [-0.1, -0.05) is 18.2 Å². The molecule has 2 heterocycles. The number of ether oxygens (including phenoxy) is 1. The fraction of sp³-hybridized carbons (Fsp3) is 0.474. The van der Waals surface area contributed by atoms with Crippen molar-refractivity contribution in [2.24, 2.45) is 17.8 Å². The van der Waals surface area contributed by atoms with Crippen LogP contribution in [0.5, 0.6) is 5.88 Å². The fourth-order valence-electron chi connectivity index (χ4n) is 3.72. The van der Waals surface area contributed by atoms with E-state index >= 15 is 0 Å². The second kappa shape index (κ2) is 5.74. The maximum Gasteiger partial charge on any atom is 0.224 e. The molecule has 1 aromatic heterocycles. The van der Waals surface area contributed by atoms with Crippen LogP contribution in [0.3, 0.4) is 0 Å². The van der Waals surface area contributed by atoms with Gasteiger partial charge in [-0.25, -0.2) is 4.98 Å². The van der Waals surface area contributed by atoms with E-state index in [0.29, 0.717) is 24.3 Å². The van der Waals surface area contributed by atoms with Crippen LogP contribution in [0.25, 0.3) is 10.8 Å². The molecule has 1 aromatic carbocycles. The summed E-state index contributed by atoms with van der Waals surface area (Å²) in [5.74, 6) is 2.01. The SMILES string of the molecule is CC(C)(COc1nccc2ccccc12)NC(=O)C1C2CNC[C@H]21. The standard InChI is InChI=1S/C19H23N3O2/c1-19(2,22-17(23)16-14-9-20-10-15(14)16)11-24-18-13-6-4-3-5-12(13)7-8-21-18/h3-8,14-16,20H,9-11H2,1-2H3,(H,22,23)/t14-,15?,16?/m1/s1. The van der Waals surface area contributed by atoms with Crippen LogP contribution in [0.4, 0.5) is 0 Å². The molecule has 2 unspecified atom stereocenters. The number of nitrogens with zero attached hydrogens (tertiary/aromatic N) is 1. The highest BCUT2D eigenvalue weighted by Gasteiger charge is 2.57. The maximum absolute atomic E-state index is 12.4. The molecule has 1 saturated heterocycles. The average Bonchev–Trinajstić information content (AvgIpc) is 3.06. The molecule has 5 heteroatoms. The lowest BCUT2D eigenvalue weighted by Gasteiger charge is -2.26. The second-order valence-electron chi connectivity index (χ2n) is 7.51. The van der Waals surface area contributed by atoms with Crippen molar-refractivity contribution in [1.29, 1.82) is 0 Å². The van der Waals surface area contributed by atoms with Crippen molar-refractivity contribution >= 4 is 16.7 Å². The Morgan fingerprint density at radius 3 is 2.83 bits per heavy atom. The summed E-state index contributed by atoms with van der Waals surface area (Å²) in [5.41, 5.74) is -0.431. The third-order valence-corrected chi connectivity index (χ3v) is 5.06. The van der Waals surface area contributed by atoms with Crippen molar-refractivity contribution in [2.75, 3.05) is 19.7 Å². The van der Waals surface area contributed by atoms with Crippen LogP contribution < -0.4 is 15.4 Å². The summed E-state index contributed by atoms with van der Waals surface area (Å²) in [6.45, 7) is 6.32. The summed E-state index contributed by atoms with van der Waals surface area (Å²) >= 11 is 0. The van der Waals surface area contributed by atoms with Crippen molar-refractivity contribution in [3.63, 3.8) is 0 Å². The van der Waals surface area contributed by atoms with E-state index in [2.05, 4.69) is 15.6 Å². The number of fused-ring (bicyclic) bond motifs is 2. The van der Waals surface area contributed by atoms with Crippen LogP contribution >= 0.6 is 0 Å². The number of pyridine rings is 1. The van der Waals surface area contributed by atoms with Crippen LogP contribution in [0.15, 0.2) is 36.5 Å². The van der Waals surface area contributed by atoms with Gasteiger partial charge in [0.15, 0.2) is 0 Å². The van der Waals surface area contributed by atoms with Gasteiger partial charge in [0.2, 0.25) is 11.8 Å². The highest BCUT2D eigenvalue weighted by atomic mass is 16.5. The highest BCUT2D eigenvalue weighted by Crippen LogP contribution is 2.48. The number of carbonyl (C=O) groups excluding carboxylic acids is 1. The van der Waals surface area contributed by atoms with Gasteiger partial charge in [0.1, 0.15) is 6.61 Å². The second-order valence-corrected chi connectivity index (χ2v) is 7.51. The van der Waals surface area contributed by atoms with Crippen LogP contribution in [-0.4, -0.2) is 36.1 Å². The number of aromatic nitrogens is 1. The van der Waals surface area contributed by atoms with E-state index in [9.17, 15) is 4.79 Å². The molecular weight excluding hydrogens is 302 g/mol. The molecule has 1 aliphatic heterocycles. The fourth-order valence-corrected chi connectivity index (χ4v) is 3.72. The van der Waals surface area contributed by atoms with E-state index in [0.717, 1.165) is 23.9 Å². The van der Waals surface area contributed by atoms with E-state index in [1.54, 1.807) is 6.20 Å². The topological polar surface area (TPSA) is 63.2 Å². The molecule has 4 rings (SSSR count). The predicted molar refractivity (Wildman–Crippen MR) is 92.8 cm³/mol. The lowest BCUT2D eigenvalue weighted by Crippen LogP contribution is -2.49. The van der Waals surface area contributed by atoms with Crippen molar-refractivity contribution in [3.8, 4) is 5.88 Å². The molecule has 1 aliphatic carbocycles. The Morgan fingerprint density at radius 2 is 2.04 bits per heavy atom. The molecule has 126 valence electrons. The third-order valence-electron chi connectivity index (χ3n) is 5.06. The first-order valence-corrected chi connectivity index (χ1v) is 8.54. The summed E-state index contributed by atoms with van der Waals surface area (Å²) < 4.78 is 5.94. The van der Waals surface area contributed by atoms with Gasteiger partial charge in [-0.2, -0.15) is 0 Å². The lowest BCUT2D eigenvalue weighted by molar-refractivity contribution is -0.125. The molecule has 5 nitrogen and oxygen atoms in total. The Morgan fingerprint density at radius 1 is 1.29 bits per heavy atom. The Balaban J connectivity index is 1.39. The van der Waals surface area contributed by atoms with Crippen molar-refractivity contribution in [2.45, 2.75) is 19.4 Å². The zero-order chi connectivity index (χ0) is 16.7. The van der Waals surface area contributed by atoms with Gasteiger partial charge in [-0.3, -0.25) is 4.79 Å². The first-order chi connectivity index (χ1) is 11.6. The smallest absolute Gasteiger partial charge is 0.224 e. The number of nitrogens with one attached hydrogen (secondary N) is 2. The van der Waals surface area contributed by atoms with Crippen LogP contribution in [0, 0.1) is 17.8 Å². The molecule has 0 radical (unpaired) electrons. The van der Waals surface area contributed by atoms with Crippen molar-refractivity contribution < 1.29 is 9.53 Å². The van der Waals surface area contributed by atoms with Crippen molar-refractivity contribution in [3.05, 3.63) is 36.5 Å². The van der Waals surface area contributed by atoms with Gasteiger partial charge in [0, 0.05) is 17.5 Å². The number of amides is 1. The molecule has 1 saturated carbocycles. The molecule has 2 aromatic rings. The Labute approximate surface area is 141 Å². The Kier molecular flexibility index (Phi) is 3.68. The minimum atomic E-state index is -0.431. The predicted octanol–water partition coefficient (Wildman–Crippen LogP) is 1.97. The summed E-state index contributed by atoms with van der Waals surface area (Å²) in [5, 5.41) is 8.56. The summed E-state index contributed by atoms with van der Waals surface area (Å²) in [6.07, 6.45) is 1.75. The molecule has 0 spiro atoms. The van der Waals surface area contributed by atoms with Crippen LogP contribution in [-0.2, 0) is 4.79 Å². The first kappa shape index (κ1) is 15.4. The highest BCUT2D eigenvalue weighted by molar-refractivity contribution is 5.86. The maximum atomic E-state index is 12.4. The number of hydrogen-bond acceptors (Lipinski definition) is 4. The first-order valence-electron chi connectivity index (χ1n) is 8.54. The van der Waals surface area contributed by atoms with E-state index in [-0.39, 0.29) is 11.8 Å². The van der Waals surface area contributed by atoms with E-state index in [4.69, 9.17) is 4.74 Å². The van der Waals surface area contributed by atoms with E-state index < -0.39 is 5.54 Å². The zero-order valence-electron chi connectivity index (χ0n) is 14.1. The molecule has 3 atom stereocenters. The summed E-state index contributed by atoms with van der Waals surface area (Å²) in [7, 11) is 0. The molecule has 0 bridgehead atoms. The summed E-state index contributed by atoms with van der Waals surface area (Å²) in [4.78, 5) is 16.8. The number of rotatable bonds is 5. The number of piperidine rings is 1. The van der Waals surface area contributed by atoms with E-state index in [1.807, 2.05) is 44.2 Å². The van der Waals surface area contributed by atoms with Gasteiger partial charge in [-0.15, -0.1) is 0 Å². The Bertz CT molecular complexity index is 759. The minimum absolute atomic E-state index is 0.158. The number of hydrogen-bond donors (Lipinski definition) is 2. The molecule has 24 heavy (non-hydrogen) atoms.